The number of carboxylic acids is 2. The van der Waals surface area contributed by atoms with Crippen LogP contribution < -0.4 is 10.2 Å². The lowest BCUT2D eigenvalue weighted by molar-refractivity contribution is -0.259. The minimum atomic E-state index is -1.46. The second-order valence-electron chi connectivity index (χ2n) is 10.3. The molecule has 0 saturated carbocycles. The van der Waals surface area contributed by atoms with Crippen LogP contribution >= 0.6 is 0 Å². The maximum absolute atomic E-state index is 12.0. The fourth-order valence-corrected chi connectivity index (χ4v) is 4.34. The number of hydrogen-bond acceptors (Lipinski definition) is 4. The summed E-state index contributed by atoms with van der Waals surface area (Å²) in [6, 6.07) is 3.17. The molecule has 30 heavy (non-hydrogen) atoms. The van der Waals surface area contributed by atoms with E-state index in [4.69, 9.17) is 0 Å². The molecule has 1 aromatic rings. The first kappa shape index (κ1) is 26.2. The second-order valence-corrected chi connectivity index (χ2v) is 10.3. The largest absolute Gasteiger partial charge is 0.545 e. The maximum Gasteiger partial charge on any atom is 0.0724 e. The monoisotopic (exact) mass is 416 g/mol. The van der Waals surface area contributed by atoms with Gasteiger partial charge in [0.15, 0.2) is 0 Å². The highest BCUT2D eigenvalue weighted by atomic mass is 16.4. The molecule has 0 aliphatic carbocycles. The van der Waals surface area contributed by atoms with Gasteiger partial charge in [-0.3, -0.25) is 0 Å². The zero-order valence-corrected chi connectivity index (χ0v) is 19.9. The number of benzene rings is 1. The van der Waals surface area contributed by atoms with Crippen LogP contribution in [0.1, 0.15) is 125 Å². The van der Waals surface area contributed by atoms with Gasteiger partial charge in [-0.25, -0.2) is 0 Å². The molecule has 170 valence electrons. The van der Waals surface area contributed by atoms with E-state index in [1.807, 2.05) is 0 Å². The van der Waals surface area contributed by atoms with Gasteiger partial charge in [0, 0.05) is 11.1 Å². The van der Waals surface area contributed by atoms with E-state index >= 15 is 0 Å². The normalized spacial score (nSPS) is 12.2. The van der Waals surface area contributed by atoms with Crippen LogP contribution in [0.5, 0.6) is 0 Å². The van der Waals surface area contributed by atoms with Gasteiger partial charge in [0.05, 0.1) is 11.9 Å². The van der Waals surface area contributed by atoms with E-state index in [0.29, 0.717) is 18.4 Å². The van der Waals surface area contributed by atoms with E-state index in [9.17, 15) is 19.8 Å². The second kappa shape index (κ2) is 11.5. The Morgan fingerprint density at radius 3 is 1.70 bits per heavy atom. The molecule has 4 nitrogen and oxygen atoms in total. The lowest BCUT2D eigenvalue weighted by Crippen LogP contribution is -2.33. The van der Waals surface area contributed by atoms with E-state index in [-0.39, 0.29) is 22.0 Å². The van der Waals surface area contributed by atoms with E-state index in [0.717, 1.165) is 50.5 Å². The zero-order chi connectivity index (χ0) is 22.9. The molecule has 0 amide bonds. The number of unbranched alkanes of at least 4 members (excludes halogenated alkanes) is 4. The summed E-state index contributed by atoms with van der Waals surface area (Å²) in [6.45, 7) is 13.0. The van der Waals surface area contributed by atoms with Gasteiger partial charge in [0.1, 0.15) is 0 Å². The Kier molecular flexibility index (Phi) is 10.1. The molecule has 0 aliphatic rings. The summed E-state index contributed by atoms with van der Waals surface area (Å²) < 4.78 is 0. The Bertz CT molecular complexity index is 716. The zero-order valence-electron chi connectivity index (χ0n) is 19.9. The predicted octanol–water partition coefficient (Wildman–Crippen LogP) is 4.71. The molecule has 4 heteroatoms. The van der Waals surface area contributed by atoms with Crippen molar-refractivity contribution in [2.75, 3.05) is 0 Å². The molecule has 0 aromatic heterocycles. The summed E-state index contributed by atoms with van der Waals surface area (Å²) in [4.78, 5) is 23.6. The topological polar surface area (TPSA) is 80.3 Å². The quantitative estimate of drug-likeness (QED) is 0.411. The predicted molar refractivity (Wildman–Crippen MR) is 118 cm³/mol. The van der Waals surface area contributed by atoms with Gasteiger partial charge < -0.3 is 19.8 Å². The summed E-state index contributed by atoms with van der Waals surface area (Å²) in [5.41, 5.74) is 0.932. The van der Waals surface area contributed by atoms with Crippen LogP contribution in [0, 0.1) is 10.8 Å². The molecule has 0 heterocycles. The average molecular weight is 417 g/mol. The summed E-state index contributed by atoms with van der Waals surface area (Å²) in [5.74, 6) is -2.90. The highest BCUT2D eigenvalue weighted by Crippen LogP contribution is 2.36. The Morgan fingerprint density at radius 2 is 1.27 bits per heavy atom. The number of aromatic carboxylic acids is 2. The summed E-state index contributed by atoms with van der Waals surface area (Å²) in [6.07, 6.45) is 10.0. The minimum absolute atomic E-state index is 0.00245. The average Bonchev–Trinajstić information content (AvgIpc) is 2.62. The Hall–Kier alpha value is -1.84. The van der Waals surface area contributed by atoms with Crippen LogP contribution in [0.4, 0.5) is 0 Å². The van der Waals surface area contributed by atoms with Crippen LogP contribution in [-0.4, -0.2) is 11.9 Å². The molecule has 0 bridgehead atoms. The SMILES string of the molecule is CCCCCC(C)(C)Cc1ccc(C(=O)[O-])c(C(=O)[O-])c1CC(C)(C)CCCCC. The minimum Gasteiger partial charge on any atom is -0.545 e. The Morgan fingerprint density at radius 1 is 0.767 bits per heavy atom. The Labute approximate surface area is 183 Å². The van der Waals surface area contributed by atoms with Crippen LogP contribution in [0.3, 0.4) is 0 Å². The first-order valence-electron chi connectivity index (χ1n) is 11.5. The van der Waals surface area contributed by atoms with Gasteiger partial charge in [0.2, 0.25) is 0 Å². The number of carboxylic acid groups (broad SMARTS) is 2. The molecule has 0 saturated heterocycles. The van der Waals surface area contributed by atoms with E-state index < -0.39 is 11.9 Å². The molecule has 1 aromatic carbocycles. The molecule has 0 aliphatic heterocycles. The van der Waals surface area contributed by atoms with Gasteiger partial charge in [-0.15, -0.1) is 0 Å². The number of carbonyl (C=O) groups is 2. The number of hydrogen-bond donors (Lipinski definition) is 0. The standard InChI is InChI=1S/C26H42O4/c1-7-9-11-15-25(3,4)17-19-13-14-20(23(27)28)22(24(29)30)21(19)18-26(5,6)16-12-10-8-2/h13-14H,7-12,15-18H2,1-6H3,(H,27,28)(H,29,30)/p-2. The van der Waals surface area contributed by atoms with E-state index in [2.05, 4.69) is 41.5 Å². The molecular formula is C26H40O4-2. The van der Waals surface area contributed by atoms with Gasteiger partial charge in [-0.05, 0) is 47.6 Å². The fraction of sp³-hybridized carbons (Fsp3) is 0.692. The molecule has 0 N–H and O–H groups in total. The molecule has 0 fully saturated rings. The van der Waals surface area contributed by atoms with Crippen molar-refractivity contribution < 1.29 is 19.8 Å². The van der Waals surface area contributed by atoms with Gasteiger partial charge in [-0.1, -0.05) is 92.2 Å². The molecule has 0 radical (unpaired) electrons. The smallest absolute Gasteiger partial charge is 0.0724 e. The van der Waals surface area contributed by atoms with Crippen molar-refractivity contribution in [2.45, 2.75) is 106 Å². The lowest BCUT2D eigenvalue weighted by atomic mass is 9.74. The summed E-state index contributed by atoms with van der Waals surface area (Å²) in [5, 5.41) is 23.6. The molecule has 0 spiro atoms. The van der Waals surface area contributed by atoms with Crippen molar-refractivity contribution >= 4 is 11.9 Å². The summed E-state index contributed by atoms with van der Waals surface area (Å²) >= 11 is 0. The van der Waals surface area contributed by atoms with Crippen molar-refractivity contribution in [1.29, 1.82) is 0 Å². The van der Waals surface area contributed by atoms with E-state index in [1.165, 1.54) is 12.5 Å². The molecule has 0 atom stereocenters. The number of rotatable bonds is 14. The van der Waals surface area contributed by atoms with Crippen molar-refractivity contribution in [2.24, 2.45) is 10.8 Å². The molecular weight excluding hydrogens is 376 g/mol. The fourth-order valence-electron chi connectivity index (χ4n) is 4.34. The van der Waals surface area contributed by atoms with E-state index in [1.54, 1.807) is 6.07 Å². The highest BCUT2D eigenvalue weighted by Gasteiger charge is 2.27. The van der Waals surface area contributed by atoms with Crippen molar-refractivity contribution in [3.8, 4) is 0 Å². The highest BCUT2D eigenvalue weighted by molar-refractivity contribution is 6.01. The van der Waals surface area contributed by atoms with Gasteiger partial charge in [0.25, 0.3) is 0 Å². The van der Waals surface area contributed by atoms with Crippen molar-refractivity contribution in [1.82, 2.24) is 0 Å². The first-order chi connectivity index (χ1) is 13.9. The number of carbonyl (C=O) groups excluding carboxylic acids is 2. The third kappa shape index (κ3) is 8.12. The van der Waals surface area contributed by atoms with Gasteiger partial charge >= 0.3 is 0 Å². The van der Waals surface area contributed by atoms with Crippen LogP contribution in [0.2, 0.25) is 0 Å². The van der Waals surface area contributed by atoms with Crippen LogP contribution in [0.15, 0.2) is 12.1 Å². The Balaban J connectivity index is 3.38. The van der Waals surface area contributed by atoms with Crippen molar-refractivity contribution in [3.05, 3.63) is 34.4 Å². The van der Waals surface area contributed by atoms with Crippen LogP contribution in [-0.2, 0) is 12.8 Å². The van der Waals surface area contributed by atoms with Crippen LogP contribution in [0.25, 0.3) is 0 Å². The molecule has 1 rings (SSSR count). The first-order valence-corrected chi connectivity index (χ1v) is 11.5. The molecule has 0 unspecified atom stereocenters. The summed E-state index contributed by atoms with van der Waals surface area (Å²) in [7, 11) is 0. The third-order valence-corrected chi connectivity index (χ3v) is 6.07. The van der Waals surface area contributed by atoms with Crippen molar-refractivity contribution in [3.63, 3.8) is 0 Å². The third-order valence-electron chi connectivity index (χ3n) is 6.07. The lowest BCUT2D eigenvalue weighted by Gasteiger charge is -2.32. The maximum atomic E-state index is 12.0. The van der Waals surface area contributed by atoms with Gasteiger partial charge in [-0.2, -0.15) is 0 Å².